The Labute approximate surface area is 194 Å². The van der Waals surface area contributed by atoms with Crippen molar-refractivity contribution in [1.82, 2.24) is 9.55 Å². The number of thioether (sulfide) groups is 1. The number of fused-ring (bicyclic) bond motifs is 1. The van der Waals surface area contributed by atoms with E-state index < -0.39 is 12.0 Å². The van der Waals surface area contributed by atoms with Gasteiger partial charge in [0.2, 0.25) is 0 Å². The van der Waals surface area contributed by atoms with Crippen molar-refractivity contribution in [2.75, 3.05) is 6.26 Å². The van der Waals surface area contributed by atoms with Gasteiger partial charge in [-0.2, -0.15) is 0 Å². The molecule has 3 heterocycles. The second-order valence-electron chi connectivity index (χ2n) is 7.59. The van der Waals surface area contributed by atoms with E-state index in [1.807, 2.05) is 48.7 Å². The number of ether oxygens (including phenoxy) is 1. The van der Waals surface area contributed by atoms with Crippen molar-refractivity contribution in [2.45, 2.75) is 37.8 Å². The minimum absolute atomic E-state index is 0.188. The van der Waals surface area contributed by atoms with Gasteiger partial charge in [0, 0.05) is 17.3 Å². The monoisotopic (exact) mass is 465 g/mol. The standard InChI is InChI=1S/C24H23N3O3S2/c1-14(2)30-23(29)20-15(3)26-24-27(21(20)17-5-7-18(31-4)8-6-17)22(28)19(32-24)13-16-9-11-25-12-10-16/h5-14,21H,1-4H3/b19-13-. The summed E-state index contributed by atoms with van der Waals surface area (Å²) in [5.41, 5.74) is 2.47. The lowest BCUT2D eigenvalue weighted by molar-refractivity contribution is -0.143. The highest BCUT2D eigenvalue weighted by molar-refractivity contribution is 7.98. The molecule has 1 aliphatic rings. The summed E-state index contributed by atoms with van der Waals surface area (Å²) in [5, 5.41) is 0. The molecular weight excluding hydrogens is 442 g/mol. The molecule has 1 aliphatic heterocycles. The van der Waals surface area contributed by atoms with Crippen LogP contribution in [0.1, 0.15) is 37.9 Å². The lowest BCUT2D eigenvalue weighted by Crippen LogP contribution is -2.40. The van der Waals surface area contributed by atoms with Gasteiger partial charge in [-0.3, -0.25) is 14.3 Å². The molecule has 0 fully saturated rings. The third-order valence-corrected chi connectivity index (χ3v) is 6.75. The Kier molecular flexibility index (Phi) is 6.43. The first kappa shape index (κ1) is 22.2. The number of hydrogen-bond donors (Lipinski definition) is 0. The van der Waals surface area contributed by atoms with Crippen LogP contribution >= 0.6 is 23.1 Å². The lowest BCUT2D eigenvalue weighted by atomic mass is 9.96. The molecule has 164 valence electrons. The normalized spacial score (nSPS) is 16.2. The maximum Gasteiger partial charge on any atom is 0.338 e. The Balaban J connectivity index is 1.94. The number of hydrogen-bond acceptors (Lipinski definition) is 7. The van der Waals surface area contributed by atoms with Gasteiger partial charge in [0.1, 0.15) is 0 Å². The number of esters is 1. The maximum absolute atomic E-state index is 13.5. The molecule has 1 unspecified atom stereocenters. The van der Waals surface area contributed by atoms with Crippen LogP contribution in [-0.2, 0) is 9.53 Å². The van der Waals surface area contributed by atoms with Crippen LogP contribution in [0, 0.1) is 0 Å². The summed E-state index contributed by atoms with van der Waals surface area (Å²) in [6.07, 6.45) is 6.92. The molecule has 0 N–H and O–H groups in total. The predicted molar refractivity (Wildman–Crippen MR) is 127 cm³/mol. The molecule has 2 aromatic heterocycles. The highest BCUT2D eigenvalue weighted by atomic mass is 32.2. The smallest absolute Gasteiger partial charge is 0.338 e. The number of nitrogens with zero attached hydrogens (tertiary/aromatic N) is 3. The highest BCUT2D eigenvalue weighted by Crippen LogP contribution is 2.31. The Morgan fingerprint density at radius 3 is 2.50 bits per heavy atom. The number of carbonyl (C=O) groups excluding carboxylic acids is 1. The zero-order valence-electron chi connectivity index (χ0n) is 18.2. The van der Waals surface area contributed by atoms with Crippen LogP contribution in [0.15, 0.2) is 74.7 Å². The minimum Gasteiger partial charge on any atom is -0.459 e. The van der Waals surface area contributed by atoms with Crippen molar-refractivity contribution in [2.24, 2.45) is 4.99 Å². The Hall–Kier alpha value is -2.97. The van der Waals surface area contributed by atoms with Gasteiger partial charge in [0.05, 0.1) is 27.9 Å². The SMILES string of the molecule is CSc1ccc(C2C(C(=O)OC(C)C)=C(C)N=c3s/c(=C\c4ccncc4)c(=O)n32)cc1. The molecule has 4 rings (SSSR count). The molecule has 1 aromatic carbocycles. The van der Waals surface area contributed by atoms with Crippen LogP contribution in [0.5, 0.6) is 0 Å². The summed E-state index contributed by atoms with van der Waals surface area (Å²) in [7, 11) is 0. The van der Waals surface area contributed by atoms with Crippen molar-refractivity contribution in [3.63, 3.8) is 0 Å². The number of aromatic nitrogens is 2. The first-order valence-corrected chi connectivity index (χ1v) is 12.2. The van der Waals surface area contributed by atoms with Crippen molar-refractivity contribution in [3.8, 4) is 0 Å². The van der Waals surface area contributed by atoms with Crippen LogP contribution in [0.4, 0.5) is 0 Å². The number of carbonyl (C=O) groups is 1. The van der Waals surface area contributed by atoms with Crippen molar-refractivity contribution in [3.05, 3.63) is 90.9 Å². The van der Waals surface area contributed by atoms with Gasteiger partial charge in [-0.05, 0) is 68.5 Å². The highest BCUT2D eigenvalue weighted by Gasteiger charge is 2.33. The first-order valence-electron chi connectivity index (χ1n) is 10.2. The van der Waals surface area contributed by atoms with E-state index in [2.05, 4.69) is 9.98 Å². The molecule has 3 aromatic rings. The molecule has 0 aliphatic carbocycles. The van der Waals surface area contributed by atoms with Gasteiger partial charge >= 0.3 is 5.97 Å². The van der Waals surface area contributed by atoms with Gasteiger partial charge in [-0.1, -0.05) is 23.5 Å². The van der Waals surface area contributed by atoms with E-state index in [1.54, 1.807) is 49.5 Å². The Morgan fingerprint density at radius 2 is 1.88 bits per heavy atom. The predicted octanol–water partition coefficient (Wildman–Crippen LogP) is 3.30. The van der Waals surface area contributed by atoms with E-state index in [9.17, 15) is 9.59 Å². The molecular formula is C24H23N3O3S2. The molecule has 0 bridgehead atoms. The average molecular weight is 466 g/mol. The Morgan fingerprint density at radius 1 is 1.19 bits per heavy atom. The van der Waals surface area contributed by atoms with Crippen LogP contribution in [0.2, 0.25) is 0 Å². The summed E-state index contributed by atoms with van der Waals surface area (Å²) in [6.45, 7) is 5.40. The van der Waals surface area contributed by atoms with Crippen LogP contribution in [0.3, 0.4) is 0 Å². The molecule has 0 radical (unpaired) electrons. The van der Waals surface area contributed by atoms with E-state index >= 15 is 0 Å². The molecule has 8 heteroatoms. The molecule has 0 spiro atoms. The van der Waals surface area contributed by atoms with Gasteiger partial charge in [-0.15, -0.1) is 11.8 Å². The van der Waals surface area contributed by atoms with Gasteiger partial charge in [-0.25, -0.2) is 9.79 Å². The number of pyridine rings is 1. The van der Waals surface area contributed by atoms with E-state index in [1.165, 1.54) is 11.3 Å². The lowest BCUT2D eigenvalue weighted by Gasteiger charge is -2.25. The van der Waals surface area contributed by atoms with Gasteiger partial charge < -0.3 is 4.74 Å². The van der Waals surface area contributed by atoms with Crippen LogP contribution in [0.25, 0.3) is 6.08 Å². The minimum atomic E-state index is -0.604. The average Bonchev–Trinajstić information content (AvgIpc) is 3.07. The van der Waals surface area contributed by atoms with Crippen molar-refractivity contribution < 1.29 is 9.53 Å². The van der Waals surface area contributed by atoms with Crippen molar-refractivity contribution in [1.29, 1.82) is 0 Å². The molecule has 1 atom stereocenters. The number of allylic oxidation sites excluding steroid dienone is 1. The first-order chi connectivity index (χ1) is 15.4. The summed E-state index contributed by atoms with van der Waals surface area (Å²) < 4.78 is 7.68. The van der Waals surface area contributed by atoms with Gasteiger partial charge in [0.15, 0.2) is 4.80 Å². The Bertz CT molecular complexity index is 1350. The van der Waals surface area contributed by atoms with E-state index in [-0.39, 0.29) is 11.7 Å². The number of benzene rings is 1. The zero-order valence-corrected chi connectivity index (χ0v) is 19.9. The van der Waals surface area contributed by atoms with E-state index in [0.29, 0.717) is 20.6 Å². The zero-order chi connectivity index (χ0) is 22.8. The summed E-state index contributed by atoms with van der Waals surface area (Å²) in [4.78, 5) is 36.9. The van der Waals surface area contributed by atoms with E-state index in [4.69, 9.17) is 4.74 Å². The maximum atomic E-state index is 13.5. The second kappa shape index (κ2) is 9.26. The summed E-state index contributed by atoms with van der Waals surface area (Å²) >= 11 is 2.95. The topological polar surface area (TPSA) is 73.6 Å². The largest absolute Gasteiger partial charge is 0.459 e. The van der Waals surface area contributed by atoms with Crippen molar-refractivity contribution >= 4 is 35.1 Å². The van der Waals surface area contributed by atoms with Gasteiger partial charge in [0.25, 0.3) is 5.56 Å². The fourth-order valence-corrected chi connectivity index (χ4v) is 5.03. The quantitative estimate of drug-likeness (QED) is 0.427. The molecule has 32 heavy (non-hydrogen) atoms. The fourth-order valence-electron chi connectivity index (χ4n) is 3.57. The van der Waals surface area contributed by atoms with E-state index in [0.717, 1.165) is 16.0 Å². The molecule has 6 nitrogen and oxygen atoms in total. The van der Waals surface area contributed by atoms with Crippen LogP contribution < -0.4 is 14.9 Å². The second-order valence-corrected chi connectivity index (χ2v) is 9.48. The molecule has 0 saturated heterocycles. The molecule has 0 saturated carbocycles. The number of thiazole rings is 1. The third kappa shape index (κ3) is 4.33. The van der Waals surface area contributed by atoms with Crippen LogP contribution in [-0.4, -0.2) is 27.9 Å². The fraction of sp³-hybridized carbons (Fsp3) is 0.250. The summed E-state index contributed by atoms with van der Waals surface area (Å²) in [6, 6.07) is 11.0. The number of rotatable bonds is 5. The summed E-state index contributed by atoms with van der Waals surface area (Å²) in [5.74, 6) is -0.455. The molecule has 0 amide bonds. The third-order valence-electron chi connectivity index (χ3n) is 5.02.